The van der Waals surface area contributed by atoms with Crippen molar-refractivity contribution in [1.82, 2.24) is 0 Å². The average molecular weight is 235 g/mol. The highest BCUT2D eigenvalue weighted by Crippen LogP contribution is 2.24. The van der Waals surface area contributed by atoms with Gasteiger partial charge in [0.05, 0.1) is 5.88 Å². The molecule has 1 aromatic rings. The molecule has 0 aliphatic rings. The molecule has 0 heterocycles. The zero-order valence-electron chi connectivity index (χ0n) is 10.5. The van der Waals surface area contributed by atoms with Gasteiger partial charge in [-0.15, -0.1) is 11.6 Å². The summed E-state index contributed by atoms with van der Waals surface area (Å²) in [6.07, 6.45) is 0. The molecule has 0 spiro atoms. The summed E-state index contributed by atoms with van der Waals surface area (Å²) < 4.78 is 0. The number of alkyl halides is 1. The first kappa shape index (κ1) is 13.1. The maximum Gasteiger partial charge on any atom is 0.0839 e. The molecule has 1 rings (SSSR count). The highest BCUT2D eigenvalue weighted by atomic mass is 35.5. The smallest absolute Gasteiger partial charge is 0.0839 e. The fourth-order valence-corrected chi connectivity index (χ4v) is 1.73. The highest BCUT2D eigenvalue weighted by molar-refractivity contribution is 6.19. The summed E-state index contributed by atoms with van der Waals surface area (Å²) in [6.45, 7) is 8.82. The quantitative estimate of drug-likeness (QED) is 0.521. The molecule has 0 aliphatic heterocycles. The van der Waals surface area contributed by atoms with E-state index in [1.165, 1.54) is 11.1 Å². The Hall–Kier alpha value is -0.930. The standard InChI is InChI=1S/C15H19Cl/c1-11(2)14-8-7-13(6-5-9-16)15(10-14)12(3)4/h7-8,10-12H,9H2,1-4H3. The van der Waals surface area contributed by atoms with Gasteiger partial charge in [0.15, 0.2) is 0 Å². The lowest BCUT2D eigenvalue weighted by molar-refractivity contribution is 0.831. The second-order valence-electron chi connectivity index (χ2n) is 4.59. The fourth-order valence-electron chi connectivity index (χ4n) is 1.66. The maximum absolute atomic E-state index is 5.59. The molecule has 0 aliphatic carbocycles. The van der Waals surface area contributed by atoms with Gasteiger partial charge >= 0.3 is 0 Å². The summed E-state index contributed by atoms with van der Waals surface area (Å²) in [4.78, 5) is 0. The fraction of sp³-hybridized carbons (Fsp3) is 0.467. The summed E-state index contributed by atoms with van der Waals surface area (Å²) >= 11 is 5.59. The molecule has 0 aromatic heterocycles. The Bertz CT molecular complexity index is 405. The van der Waals surface area contributed by atoms with Gasteiger partial charge in [0.25, 0.3) is 0 Å². The molecule has 0 N–H and O–H groups in total. The van der Waals surface area contributed by atoms with Crippen molar-refractivity contribution in [1.29, 1.82) is 0 Å². The van der Waals surface area contributed by atoms with E-state index in [-0.39, 0.29) is 0 Å². The van der Waals surface area contributed by atoms with Crippen LogP contribution in [0.3, 0.4) is 0 Å². The van der Waals surface area contributed by atoms with Crippen LogP contribution < -0.4 is 0 Å². The van der Waals surface area contributed by atoms with Crippen LogP contribution >= 0.6 is 11.6 Å². The van der Waals surface area contributed by atoms with Crippen LogP contribution in [0, 0.1) is 11.8 Å². The van der Waals surface area contributed by atoms with Crippen LogP contribution in [0.2, 0.25) is 0 Å². The minimum absolute atomic E-state index is 0.392. The first-order valence-corrected chi connectivity index (χ1v) is 6.28. The van der Waals surface area contributed by atoms with Gasteiger partial charge in [0, 0.05) is 5.56 Å². The third-order valence-corrected chi connectivity index (χ3v) is 2.79. The summed E-state index contributed by atoms with van der Waals surface area (Å²) in [6, 6.07) is 6.55. The van der Waals surface area contributed by atoms with Gasteiger partial charge in [-0.3, -0.25) is 0 Å². The molecule has 0 bridgehead atoms. The summed E-state index contributed by atoms with van der Waals surface area (Å²) in [7, 11) is 0. The van der Waals surface area contributed by atoms with Crippen LogP contribution in [0.4, 0.5) is 0 Å². The number of hydrogen-bond acceptors (Lipinski definition) is 0. The minimum atomic E-state index is 0.392. The zero-order valence-corrected chi connectivity index (χ0v) is 11.2. The molecular formula is C15H19Cl. The van der Waals surface area contributed by atoms with Gasteiger partial charge in [-0.25, -0.2) is 0 Å². The first-order valence-electron chi connectivity index (χ1n) is 5.75. The predicted octanol–water partition coefficient (Wildman–Crippen LogP) is 4.52. The van der Waals surface area contributed by atoms with Crippen LogP contribution in [0.15, 0.2) is 18.2 Å². The van der Waals surface area contributed by atoms with E-state index in [1.54, 1.807) is 0 Å². The van der Waals surface area contributed by atoms with E-state index in [0.717, 1.165) is 5.56 Å². The van der Waals surface area contributed by atoms with Crippen molar-refractivity contribution in [3.8, 4) is 11.8 Å². The van der Waals surface area contributed by atoms with E-state index in [9.17, 15) is 0 Å². The summed E-state index contributed by atoms with van der Waals surface area (Å²) in [5.74, 6) is 7.51. The van der Waals surface area contributed by atoms with E-state index in [4.69, 9.17) is 11.6 Å². The van der Waals surface area contributed by atoms with Crippen molar-refractivity contribution >= 4 is 11.6 Å². The highest BCUT2D eigenvalue weighted by Gasteiger charge is 2.07. The van der Waals surface area contributed by atoms with Gasteiger partial charge in [0.2, 0.25) is 0 Å². The lowest BCUT2D eigenvalue weighted by atomic mass is 9.92. The number of rotatable bonds is 2. The van der Waals surface area contributed by atoms with Crippen molar-refractivity contribution in [3.05, 3.63) is 34.9 Å². The van der Waals surface area contributed by atoms with Crippen molar-refractivity contribution in [2.24, 2.45) is 0 Å². The van der Waals surface area contributed by atoms with E-state index >= 15 is 0 Å². The lowest BCUT2D eigenvalue weighted by Gasteiger charge is -2.13. The normalized spacial score (nSPS) is 10.4. The van der Waals surface area contributed by atoms with Gasteiger partial charge < -0.3 is 0 Å². The Labute approximate surface area is 104 Å². The molecule has 0 atom stereocenters. The lowest BCUT2D eigenvalue weighted by Crippen LogP contribution is -1.96. The van der Waals surface area contributed by atoms with E-state index < -0.39 is 0 Å². The molecular weight excluding hydrogens is 216 g/mol. The van der Waals surface area contributed by atoms with Crippen LogP contribution in [0.5, 0.6) is 0 Å². The van der Waals surface area contributed by atoms with Gasteiger partial charge in [0.1, 0.15) is 0 Å². The van der Waals surface area contributed by atoms with Crippen molar-refractivity contribution < 1.29 is 0 Å². The molecule has 0 amide bonds. The van der Waals surface area contributed by atoms with Crippen LogP contribution in [0.1, 0.15) is 56.2 Å². The molecule has 1 heteroatoms. The summed E-state index contributed by atoms with van der Waals surface area (Å²) in [5, 5.41) is 0. The Morgan fingerprint density at radius 2 is 1.81 bits per heavy atom. The Kier molecular flexibility index (Phi) is 4.90. The molecule has 0 fully saturated rings. The molecule has 1 aromatic carbocycles. The maximum atomic E-state index is 5.59. The Morgan fingerprint density at radius 3 is 2.31 bits per heavy atom. The first-order chi connectivity index (χ1) is 7.56. The minimum Gasteiger partial charge on any atom is -0.113 e. The van der Waals surface area contributed by atoms with Gasteiger partial charge in [-0.05, 0) is 29.0 Å². The Balaban J connectivity index is 3.19. The van der Waals surface area contributed by atoms with Gasteiger partial charge in [-0.1, -0.05) is 51.7 Å². The molecule has 0 saturated carbocycles. The second-order valence-corrected chi connectivity index (χ2v) is 4.86. The predicted molar refractivity (Wildman–Crippen MR) is 72.2 cm³/mol. The number of benzene rings is 1. The molecule has 86 valence electrons. The third-order valence-electron chi connectivity index (χ3n) is 2.65. The van der Waals surface area contributed by atoms with E-state index in [0.29, 0.717) is 17.7 Å². The molecule has 0 unspecified atom stereocenters. The molecule has 0 nitrogen and oxygen atoms in total. The van der Waals surface area contributed by atoms with E-state index in [1.807, 2.05) is 0 Å². The van der Waals surface area contributed by atoms with Crippen LogP contribution in [0.25, 0.3) is 0 Å². The average Bonchev–Trinajstić information content (AvgIpc) is 2.25. The topological polar surface area (TPSA) is 0 Å². The van der Waals surface area contributed by atoms with Crippen molar-refractivity contribution in [2.45, 2.75) is 39.5 Å². The van der Waals surface area contributed by atoms with Crippen LogP contribution in [-0.2, 0) is 0 Å². The molecule has 0 radical (unpaired) electrons. The summed E-state index contributed by atoms with van der Waals surface area (Å²) in [5.41, 5.74) is 3.81. The molecule has 16 heavy (non-hydrogen) atoms. The zero-order chi connectivity index (χ0) is 12.1. The number of hydrogen-bond donors (Lipinski definition) is 0. The monoisotopic (exact) mass is 234 g/mol. The second kappa shape index (κ2) is 5.97. The van der Waals surface area contributed by atoms with Gasteiger partial charge in [-0.2, -0.15) is 0 Å². The van der Waals surface area contributed by atoms with E-state index in [2.05, 4.69) is 57.7 Å². The largest absolute Gasteiger partial charge is 0.113 e. The third kappa shape index (κ3) is 3.29. The van der Waals surface area contributed by atoms with Crippen molar-refractivity contribution in [3.63, 3.8) is 0 Å². The Morgan fingerprint density at radius 1 is 1.12 bits per heavy atom. The molecule has 0 saturated heterocycles. The number of halogens is 1. The van der Waals surface area contributed by atoms with Crippen molar-refractivity contribution in [2.75, 3.05) is 5.88 Å². The SMILES string of the molecule is CC(C)c1ccc(C#CCCl)c(C(C)C)c1. The van der Waals surface area contributed by atoms with Crippen LogP contribution in [-0.4, -0.2) is 5.88 Å².